The molecule has 0 aliphatic rings. The van der Waals surface area contributed by atoms with Crippen LogP contribution in [-0.2, 0) is 6.61 Å². The molecule has 3 aromatic rings. The van der Waals surface area contributed by atoms with Crippen LogP contribution in [0.25, 0.3) is 11.4 Å². The van der Waals surface area contributed by atoms with Crippen molar-refractivity contribution in [2.75, 3.05) is 6.61 Å². The highest BCUT2D eigenvalue weighted by molar-refractivity contribution is 5.92. The molecule has 0 aliphatic carbocycles. The largest absolute Gasteiger partial charge is 0.472 e. The van der Waals surface area contributed by atoms with Crippen LogP contribution in [0, 0.1) is 6.92 Å². The normalized spacial score (nSPS) is 12.0. The maximum absolute atomic E-state index is 12.0. The van der Waals surface area contributed by atoms with Crippen LogP contribution < -0.4 is 10.1 Å². The number of pyridine rings is 1. The monoisotopic (exact) mass is 357 g/mol. The van der Waals surface area contributed by atoms with E-state index < -0.39 is 0 Å². The number of aliphatic hydroxyl groups is 1. The molecule has 1 amide bonds. The Balaban J connectivity index is 1.69. The lowest BCUT2D eigenvalue weighted by atomic mass is 10.1. The molecule has 0 unspecified atom stereocenters. The third-order valence-corrected chi connectivity index (χ3v) is 3.71. The Kier molecular flexibility index (Phi) is 5.28. The molecule has 136 valence electrons. The Morgan fingerprint density at radius 2 is 2.31 bits per heavy atom. The molecule has 3 N–H and O–H groups in total. The minimum Gasteiger partial charge on any atom is -0.472 e. The lowest BCUT2D eigenvalue weighted by Gasteiger charge is -2.08. The predicted molar refractivity (Wildman–Crippen MR) is 91.4 cm³/mol. The van der Waals surface area contributed by atoms with Crippen LogP contribution in [-0.4, -0.2) is 44.0 Å². The van der Waals surface area contributed by atoms with Gasteiger partial charge in [0, 0.05) is 18.3 Å². The van der Waals surface area contributed by atoms with Crippen molar-refractivity contribution in [1.82, 2.24) is 25.7 Å². The van der Waals surface area contributed by atoms with E-state index in [0.717, 1.165) is 5.56 Å². The van der Waals surface area contributed by atoms with Crippen LogP contribution in [0.3, 0.4) is 0 Å². The average Bonchev–Trinajstić information content (AvgIpc) is 3.27. The zero-order valence-electron chi connectivity index (χ0n) is 14.4. The average molecular weight is 357 g/mol. The van der Waals surface area contributed by atoms with E-state index in [1.54, 1.807) is 20.0 Å². The fraction of sp³-hybridized carbons (Fsp3) is 0.294. The molecular weight excluding hydrogens is 338 g/mol. The number of hydrogen-bond acceptors (Lipinski definition) is 7. The smallest absolute Gasteiger partial charge is 0.269 e. The molecule has 9 heteroatoms. The molecule has 0 aromatic carbocycles. The van der Waals surface area contributed by atoms with Crippen molar-refractivity contribution in [2.24, 2.45) is 0 Å². The first kappa shape index (κ1) is 17.6. The van der Waals surface area contributed by atoms with Crippen LogP contribution in [0.15, 0.2) is 35.0 Å². The van der Waals surface area contributed by atoms with Crippen molar-refractivity contribution >= 4 is 5.91 Å². The Morgan fingerprint density at radius 3 is 3.04 bits per heavy atom. The molecule has 0 bridgehead atoms. The van der Waals surface area contributed by atoms with Crippen molar-refractivity contribution in [3.05, 3.63) is 47.5 Å². The summed E-state index contributed by atoms with van der Waals surface area (Å²) in [5.41, 5.74) is 2.29. The van der Waals surface area contributed by atoms with E-state index in [1.165, 1.54) is 6.07 Å². The summed E-state index contributed by atoms with van der Waals surface area (Å²) in [5, 5.41) is 22.2. The van der Waals surface area contributed by atoms with Crippen LogP contribution in [0.5, 0.6) is 5.88 Å². The standard InChI is InChI=1S/C17H19N5O4/c1-10(8-23)19-17(24)14-7-15(21-20-14)25-9-12-11(2)26-22-16(12)13-5-3-4-6-18-13/h3-7,10,23H,8-9H2,1-2H3,(H,19,24)(H,20,21)/t10-/m0/s1. The number of amides is 1. The van der Waals surface area contributed by atoms with Crippen LogP contribution in [0.1, 0.15) is 28.7 Å². The van der Waals surface area contributed by atoms with Gasteiger partial charge in [-0.05, 0) is 26.0 Å². The Bertz CT molecular complexity index is 874. The van der Waals surface area contributed by atoms with E-state index in [4.69, 9.17) is 14.4 Å². The predicted octanol–water partition coefficient (Wildman–Crippen LogP) is 1.46. The van der Waals surface area contributed by atoms with Gasteiger partial charge in [-0.3, -0.25) is 14.9 Å². The van der Waals surface area contributed by atoms with E-state index in [9.17, 15) is 4.79 Å². The highest BCUT2D eigenvalue weighted by atomic mass is 16.5. The van der Waals surface area contributed by atoms with Gasteiger partial charge in [0.1, 0.15) is 23.8 Å². The number of aromatic nitrogens is 4. The van der Waals surface area contributed by atoms with Gasteiger partial charge in [0.15, 0.2) is 0 Å². The molecule has 0 aliphatic heterocycles. The zero-order valence-corrected chi connectivity index (χ0v) is 14.4. The van der Waals surface area contributed by atoms with E-state index in [-0.39, 0.29) is 36.7 Å². The van der Waals surface area contributed by atoms with Crippen molar-refractivity contribution in [2.45, 2.75) is 26.5 Å². The Morgan fingerprint density at radius 1 is 1.46 bits per heavy atom. The lowest BCUT2D eigenvalue weighted by molar-refractivity contribution is 0.0917. The molecular formula is C17H19N5O4. The number of nitrogens with one attached hydrogen (secondary N) is 2. The van der Waals surface area contributed by atoms with Gasteiger partial charge in [0.05, 0.1) is 17.9 Å². The number of aliphatic hydroxyl groups excluding tert-OH is 1. The van der Waals surface area contributed by atoms with E-state index in [2.05, 4.69) is 25.7 Å². The van der Waals surface area contributed by atoms with Crippen LogP contribution in [0.4, 0.5) is 0 Å². The molecule has 3 heterocycles. The SMILES string of the molecule is Cc1onc(-c2ccccn2)c1COc1cc(C(=O)N[C@@H](C)CO)[nH]n1. The summed E-state index contributed by atoms with van der Waals surface area (Å²) in [6, 6.07) is 6.66. The van der Waals surface area contributed by atoms with E-state index in [1.807, 2.05) is 18.2 Å². The molecule has 0 spiro atoms. The quantitative estimate of drug-likeness (QED) is 0.584. The van der Waals surface area contributed by atoms with Gasteiger partial charge >= 0.3 is 0 Å². The van der Waals surface area contributed by atoms with Crippen molar-refractivity contribution in [3.8, 4) is 17.3 Å². The molecule has 26 heavy (non-hydrogen) atoms. The van der Waals surface area contributed by atoms with Crippen molar-refractivity contribution in [1.29, 1.82) is 0 Å². The fourth-order valence-electron chi connectivity index (χ4n) is 2.25. The first-order chi connectivity index (χ1) is 12.6. The van der Waals surface area contributed by atoms with Crippen molar-refractivity contribution in [3.63, 3.8) is 0 Å². The Hall–Kier alpha value is -3.20. The number of ether oxygens (including phenoxy) is 1. The topological polar surface area (TPSA) is 126 Å². The molecule has 1 atom stereocenters. The minimum atomic E-state index is -0.371. The van der Waals surface area contributed by atoms with Crippen LogP contribution in [0.2, 0.25) is 0 Å². The second kappa shape index (κ2) is 7.79. The van der Waals surface area contributed by atoms with Gasteiger partial charge in [-0.1, -0.05) is 11.2 Å². The number of aromatic amines is 1. The molecule has 9 nitrogen and oxygen atoms in total. The number of aryl methyl sites for hydroxylation is 1. The molecule has 0 saturated carbocycles. The maximum Gasteiger partial charge on any atom is 0.269 e. The summed E-state index contributed by atoms with van der Waals surface area (Å²) in [5.74, 6) is 0.513. The number of nitrogens with zero attached hydrogens (tertiary/aromatic N) is 3. The summed E-state index contributed by atoms with van der Waals surface area (Å²) in [6.45, 7) is 3.50. The lowest BCUT2D eigenvalue weighted by Crippen LogP contribution is -2.35. The third-order valence-electron chi connectivity index (χ3n) is 3.71. The highest BCUT2D eigenvalue weighted by Crippen LogP contribution is 2.24. The first-order valence-electron chi connectivity index (χ1n) is 8.05. The number of carbonyl (C=O) groups excluding carboxylic acids is 1. The number of rotatable bonds is 7. The second-order valence-electron chi connectivity index (χ2n) is 5.75. The van der Waals surface area contributed by atoms with Gasteiger partial charge in [-0.25, -0.2) is 0 Å². The molecule has 0 radical (unpaired) electrons. The maximum atomic E-state index is 12.0. The van der Waals surface area contributed by atoms with Gasteiger partial charge in [0.25, 0.3) is 5.91 Å². The van der Waals surface area contributed by atoms with Gasteiger partial charge in [0.2, 0.25) is 5.88 Å². The molecule has 0 fully saturated rings. The summed E-state index contributed by atoms with van der Waals surface area (Å²) in [4.78, 5) is 16.2. The van der Waals surface area contributed by atoms with Gasteiger partial charge < -0.3 is 19.7 Å². The number of hydrogen-bond donors (Lipinski definition) is 3. The van der Waals surface area contributed by atoms with Gasteiger partial charge in [-0.15, -0.1) is 5.10 Å². The van der Waals surface area contributed by atoms with Crippen LogP contribution >= 0.6 is 0 Å². The number of carbonyl (C=O) groups is 1. The second-order valence-corrected chi connectivity index (χ2v) is 5.75. The fourth-order valence-corrected chi connectivity index (χ4v) is 2.25. The number of H-pyrrole nitrogens is 1. The zero-order chi connectivity index (χ0) is 18.5. The summed E-state index contributed by atoms with van der Waals surface area (Å²) in [6.07, 6.45) is 1.68. The Labute approximate surface area is 149 Å². The minimum absolute atomic E-state index is 0.147. The third kappa shape index (κ3) is 3.89. The highest BCUT2D eigenvalue weighted by Gasteiger charge is 2.18. The molecule has 3 aromatic heterocycles. The summed E-state index contributed by atoms with van der Waals surface area (Å²) < 4.78 is 10.9. The molecule has 3 rings (SSSR count). The first-order valence-corrected chi connectivity index (χ1v) is 8.05. The van der Waals surface area contributed by atoms with E-state index in [0.29, 0.717) is 17.1 Å². The summed E-state index contributed by atoms with van der Waals surface area (Å²) in [7, 11) is 0. The van der Waals surface area contributed by atoms with Gasteiger partial charge in [-0.2, -0.15) is 0 Å². The molecule has 0 saturated heterocycles. The van der Waals surface area contributed by atoms with Crippen molar-refractivity contribution < 1.29 is 19.2 Å². The summed E-state index contributed by atoms with van der Waals surface area (Å²) >= 11 is 0. The van der Waals surface area contributed by atoms with E-state index >= 15 is 0 Å².